The van der Waals surface area contributed by atoms with Crippen molar-refractivity contribution in [2.75, 3.05) is 7.11 Å². The fraction of sp³-hybridized carbons (Fsp3) is 0.429. The Labute approximate surface area is 125 Å². The van der Waals surface area contributed by atoms with Crippen LogP contribution in [-0.2, 0) is 19.5 Å². The van der Waals surface area contributed by atoms with Crippen molar-refractivity contribution in [2.45, 2.75) is 32.4 Å². The Hall–Kier alpha value is -1.56. The average Bonchev–Trinajstić information content (AvgIpc) is 2.76. The van der Waals surface area contributed by atoms with E-state index < -0.39 is 0 Å². The van der Waals surface area contributed by atoms with Gasteiger partial charge in [0.15, 0.2) is 0 Å². The number of nitrogens with zero attached hydrogens (tertiary/aromatic N) is 3. The van der Waals surface area contributed by atoms with E-state index in [2.05, 4.69) is 21.0 Å². The van der Waals surface area contributed by atoms with E-state index >= 15 is 0 Å². The van der Waals surface area contributed by atoms with Crippen molar-refractivity contribution < 1.29 is 4.74 Å². The van der Waals surface area contributed by atoms with Gasteiger partial charge in [0.2, 0.25) is 0 Å². The number of fused-ring (bicyclic) bond motifs is 1. The molecule has 106 valence electrons. The van der Waals surface area contributed by atoms with Gasteiger partial charge in [-0.3, -0.25) is 4.57 Å². The molecule has 1 aromatic carbocycles. The topological polar surface area (TPSA) is 49.0 Å². The monoisotopic (exact) mass is 337 g/mol. The first-order valence-corrected chi connectivity index (χ1v) is 7.47. The number of aromatic nitrogens is 3. The Morgan fingerprint density at radius 1 is 1.40 bits per heavy atom. The minimum atomic E-state index is -0.00774. The molecule has 0 spiro atoms. The predicted molar refractivity (Wildman–Crippen MR) is 79.2 cm³/mol. The third-order valence-electron chi connectivity index (χ3n) is 3.58. The molecule has 0 saturated heterocycles. The van der Waals surface area contributed by atoms with Crippen LogP contribution in [0.25, 0.3) is 0 Å². The molecule has 1 aliphatic rings. The smallest absolute Gasteiger partial charge is 0.346 e. The summed E-state index contributed by atoms with van der Waals surface area (Å²) in [5.74, 6) is 1.69. The Morgan fingerprint density at radius 3 is 2.95 bits per heavy atom. The van der Waals surface area contributed by atoms with Crippen molar-refractivity contribution in [3.05, 3.63) is 44.5 Å². The molecule has 5 nitrogen and oxygen atoms in total. The number of halogens is 1. The maximum absolute atomic E-state index is 12.3. The van der Waals surface area contributed by atoms with Gasteiger partial charge in [-0.25, -0.2) is 9.48 Å². The summed E-state index contributed by atoms with van der Waals surface area (Å²) < 4.78 is 9.43. The molecule has 0 aliphatic carbocycles. The number of ether oxygens (including phenoxy) is 1. The lowest BCUT2D eigenvalue weighted by Crippen LogP contribution is -2.27. The number of methoxy groups -OCH3 is 1. The molecule has 1 aromatic heterocycles. The lowest BCUT2D eigenvalue weighted by atomic mass is 10.2. The van der Waals surface area contributed by atoms with Gasteiger partial charge in [-0.05, 0) is 46.5 Å². The highest BCUT2D eigenvalue weighted by Crippen LogP contribution is 2.25. The molecular weight excluding hydrogens is 322 g/mol. The predicted octanol–water partition coefficient (Wildman–Crippen LogP) is 2.20. The van der Waals surface area contributed by atoms with Crippen LogP contribution in [0.5, 0.6) is 5.75 Å². The summed E-state index contributed by atoms with van der Waals surface area (Å²) >= 11 is 3.46. The fourth-order valence-corrected chi connectivity index (χ4v) is 3.12. The summed E-state index contributed by atoms with van der Waals surface area (Å²) in [5, 5.41) is 4.44. The second-order valence-corrected chi connectivity index (χ2v) is 5.79. The van der Waals surface area contributed by atoms with Crippen LogP contribution in [0.1, 0.15) is 24.2 Å². The van der Waals surface area contributed by atoms with Gasteiger partial charge in [0.05, 0.1) is 18.1 Å². The van der Waals surface area contributed by atoms with Gasteiger partial charge in [0.1, 0.15) is 11.6 Å². The molecule has 0 saturated carbocycles. The van der Waals surface area contributed by atoms with Crippen molar-refractivity contribution >= 4 is 15.9 Å². The maximum atomic E-state index is 12.3. The Morgan fingerprint density at radius 2 is 2.25 bits per heavy atom. The van der Waals surface area contributed by atoms with E-state index in [9.17, 15) is 4.79 Å². The van der Waals surface area contributed by atoms with E-state index in [1.807, 2.05) is 18.2 Å². The molecule has 20 heavy (non-hydrogen) atoms. The Bertz CT molecular complexity index is 690. The van der Waals surface area contributed by atoms with E-state index in [4.69, 9.17) is 4.74 Å². The number of hydrogen-bond donors (Lipinski definition) is 0. The maximum Gasteiger partial charge on any atom is 0.346 e. The number of rotatable bonds is 3. The van der Waals surface area contributed by atoms with E-state index in [0.29, 0.717) is 6.54 Å². The molecular formula is C14H16BrN3O2. The van der Waals surface area contributed by atoms with Crippen LogP contribution >= 0.6 is 15.9 Å². The zero-order valence-electron chi connectivity index (χ0n) is 11.3. The molecule has 0 radical (unpaired) electrons. The second-order valence-electron chi connectivity index (χ2n) is 4.93. The molecule has 0 atom stereocenters. The van der Waals surface area contributed by atoms with Crippen LogP contribution in [0.3, 0.4) is 0 Å². The summed E-state index contributed by atoms with van der Waals surface area (Å²) in [6.45, 7) is 1.28. The highest BCUT2D eigenvalue weighted by molar-refractivity contribution is 9.10. The van der Waals surface area contributed by atoms with Crippen molar-refractivity contribution in [1.29, 1.82) is 0 Å². The molecule has 1 aliphatic heterocycles. The highest BCUT2D eigenvalue weighted by atomic mass is 79.9. The van der Waals surface area contributed by atoms with Gasteiger partial charge in [-0.1, -0.05) is 6.07 Å². The van der Waals surface area contributed by atoms with Gasteiger partial charge in [-0.15, -0.1) is 0 Å². The highest BCUT2D eigenvalue weighted by Gasteiger charge is 2.16. The van der Waals surface area contributed by atoms with Crippen molar-refractivity contribution in [1.82, 2.24) is 14.3 Å². The Balaban J connectivity index is 1.90. The van der Waals surface area contributed by atoms with Gasteiger partial charge >= 0.3 is 5.69 Å². The SMILES string of the molecule is COc1ccc(Cn2nc3n(c2=O)CCCC3)cc1Br. The quantitative estimate of drug-likeness (QED) is 0.862. The lowest BCUT2D eigenvalue weighted by molar-refractivity contribution is 0.412. The molecule has 0 N–H and O–H groups in total. The van der Waals surface area contributed by atoms with Crippen LogP contribution in [-0.4, -0.2) is 21.5 Å². The van der Waals surface area contributed by atoms with Crippen molar-refractivity contribution in [2.24, 2.45) is 0 Å². The number of aryl methyl sites for hydroxylation is 1. The number of hydrogen-bond acceptors (Lipinski definition) is 3. The van der Waals surface area contributed by atoms with Crippen LogP contribution < -0.4 is 10.4 Å². The standard InChI is InChI=1S/C14H16BrN3O2/c1-20-12-6-5-10(8-11(12)15)9-18-14(19)17-7-3-2-4-13(17)16-18/h5-6,8H,2-4,7,9H2,1H3. The largest absolute Gasteiger partial charge is 0.496 e. The molecule has 0 fully saturated rings. The molecule has 6 heteroatoms. The van der Waals surface area contributed by atoms with Gasteiger partial charge < -0.3 is 4.74 Å². The second kappa shape index (κ2) is 5.44. The molecule has 0 bridgehead atoms. The van der Waals surface area contributed by atoms with E-state index in [1.54, 1.807) is 16.4 Å². The summed E-state index contributed by atoms with van der Waals surface area (Å²) in [6, 6.07) is 5.80. The molecule has 0 unspecified atom stereocenters. The van der Waals surface area contributed by atoms with E-state index in [1.165, 1.54) is 0 Å². The normalized spacial score (nSPS) is 14.1. The molecule has 0 amide bonds. The molecule has 3 rings (SSSR count). The molecule has 2 heterocycles. The van der Waals surface area contributed by atoms with Gasteiger partial charge in [-0.2, -0.15) is 5.10 Å². The Kier molecular flexibility index (Phi) is 3.65. The van der Waals surface area contributed by atoms with Gasteiger partial charge in [0.25, 0.3) is 0 Å². The average molecular weight is 338 g/mol. The third-order valence-corrected chi connectivity index (χ3v) is 4.20. The lowest BCUT2D eigenvalue weighted by Gasteiger charge is -2.09. The van der Waals surface area contributed by atoms with Gasteiger partial charge in [0, 0.05) is 13.0 Å². The number of benzene rings is 1. The van der Waals surface area contributed by atoms with Crippen LogP contribution in [0.4, 0.5) is 0 Å². The first-order chi connectivity index (χ1) is 9.69. The minimum absolute atomic E-state index is 0.00774. The first-order valence-electron chi connectivity index (χ1n) is 6.68. The van der Waals surface area contributed by atoms with E-state index in [0.717, 1.165) is 47.4 Å². The molecule has 2 aromatic rings. The first kappa shape index (κ1) is 13.4. The zero-order valence-corrected chi connectivity index (χ0v) is 12.9. The summed E-state index contributed by atoms with van der Waals surface area (Å²) in [7, 11) is 1.63. The summed E-state index contributed by atoms with van der Waals surface area (Å²) in [6.07, 6.45) is 3.08. The van der Waals surface area contributed by atoms with Crippen LogP contribution in [0.2, 0.25) is 0 Å². The summed E-state index contributed by atoms with van der Waals surface area (Å²) in [4.78, 5) is 12.3. The zero-order chi connectivity index (χ0) is 14.1. The third kappa shape index (κ3) is 2.40. The summed E-state index contributed by atoms with van der Waals surface area (Å²) in [5.41, 5.74) is 1.02. The van der Waals surface area contributed by atoms with Crippen molar-refractivity contribution in [3.8, 4) is 5.75 Å². The fourth-order valence-electron chi connectivity index (χ4n) is 2.53. The van der Waals surface area contributed by atoms with Crippen LogP contribution in [0.15, 0.2) is 27.5 Å². The van der Waals surface area contributed by atoms with E-state index in [-0.39, 0.29) is 5.69 Å². The van der Waals surface area contributed by atoms with Crippen LogP contribution in [0, 0.1) is 0 Å². The minimum Gasteiger partial charge on any atom is -0.496 e. The van der Waals surface area contributed by atoms with Crippen molar-refractivity contribution in [3.63, 3.8) is 0 Å².